The van der Waals surface area contributed by atoms with Gasteiger partial charge in [0.05, 0.1) is 19.3 Å². The summed E-state index contributed by atoms with van der Waals surface area (Å²) in [5.74, 6) is 1.30. The molecule has 0 spiro atoms. The van der Waals surface area contributed by atoms with Crippen molar-refractivity contribution in [1.29, 1.82) is 0 Å². The van der Waals surface area contributed by atoms with E-state index >= 15 is 0 Å². The molecule has 0 bridgehead atoms. The van der Waals surface area contributed by atoms with Gasteiger partial charge in [-0.3, -0.25) is 4.79 Å². The first-order valence-electron chi connectivity index (χ1n) is 7.61. The van der Waals surface area contributed by atoms with Gasteiger partial charge in [0.25, 0.3) is 0 Å². The van der Waals surface area contributed by atoms with Gasteiger partial charge in [-0.1, -0.05) is 24.3 Å². The van der Waals surface area contributed by atoms with Gasteiger partial charge in [0.1, 0.15) is 0 Å². The molecular formula is C18H25NO3. The van der Waals surface area contributed by atoms with Crippen LogP contribution in [-0.2, 0) is 4.79 Å². The summed E-state index contributed by atoms with van der Waals surface area (Å²) < 4.78 is 11.1. The lowest BCUT2D eigenvalue weighted by molar-refractivity contribution is -0.117. The molecule has 0 aliphatic rings. The summed E-state index contributed by atoms with van der Waals surface area (Å²) in [5, 5.41) is 2.92. The zero-order valence-corrected chi connectivity index (χ0v) is 13.8. The van der Waals surface area contributed by atoms with E-state index in [-0.39, 0.29) is 11.9 Å². The van der Waals surface area contributed by atoms with Crippen molar-refractivity contribution in [3.05, 3.63) is 48.1 Å². The van der Waals surface area contributed by atoms with Crippen LogP contribution in [0.2, 0.25) is 0 Å². The molecule has 0 radical (unpaired) electrons. The Labute approximate surface area is 132 Å². The van der Waals surface area contributed by atoms with E-state index in [4.69, 9.17) is 9.47 Å². The molecule has 1 atom stereocenters. The molecule has 1 N–H and O–H groups in total. The number of hydrogen-bond donors (Lipinski definition) is 1. The van der Waals surface area contributed by atoms with Gasteiger partial charge in [-0.15, -0.1) is 0 Å². The van der Waals surface area contributed by atoms with Gasteiger partial charge in [0.2, 0.25) is 5.91 Å². The molecule has 1 amide bonds. The Hall–Kier alpha value is -2.23. The number of benzene rings is 1. The lowest BCUT2D eigenvalue weighted by atomic mass is 10.1. The Morgan fingerprint density at radius 2 is 1.86 bits per heavy atom. The van der Waals surface area contributed by atoms with E-state index in [9.17, 15) is 4.79 Å². The third-order valence-corrected chi connectivity index (χ3v) is 2.98. The third-order valence-electron chi connectivity index (χ3n) is 2.98. The zero-order valence-electron chi connectivity index (χ0n) is 13.8. The van der Waals surface area contributed by atoms with E-state index in [2.05, 4.69) is 5.32 Å². The normalized spacial score (nSPS) is 12.5. The molecule has 1 rings (SSSR count). The monoisotopic (exact) mass is 303 g/mol. The van der Waals surface area contributed by atoms with Crippen LogP contribution in [0, 0.1) is 0 Å². The molecule has 0 saturated heterocycles. The van der Waals surface area contributed by atoms with Crippen molar-refractivity contribution in [3.8, 4) is 11.5 Å². The van der Waals surface area contributed by atoms with Crippen molar-refractivity contribution < 1.29 is 14.3 Å². The molecule has 4 heteroatoms. The number of carbonyl (C=O) groups excluding carboxylic acids is 1. The van der Waals surface area contributed by atoms with Crippen molar-refractivity contribution in [2.45, 2.75) is 33.7 Å². The minimum absolute atomic E-state index is 0.113. The van der Waals surface area contributed by atoms with E-state index in [0.717, 1.165) is 11.3 Å². The molecule has 0 aliphatic carbocycles. The van der Waals surface area contributed by atoms with Crippen LogP contribution in [-0.4, -0.2) is 19.1 Å². The Bertz CT molecular complexity index is 535. The number of amides is 1. The number of ether oxygens (including phenoxy) is 2. The minimum atomic E-state index is -0.127. The van der Waals surface area contributed by atoms with Gasteiger partial charge in [0, 0.05) is 6.08 Å². The summed E-state index contributed by atoms with van der Waals surface area (Å²) in [4.78, 5) is 11.8. The number of nitrogens with one attached hydrogen (secondary N) is 1. The smallest absolute Gasteiger partial charge is 0.244 e. The maximum absolute atomic E-state index is 11.8. The summed E-state index contributed by atoms with van der Waals surface area (Å²) >= 11 is 0. The van der Waals surface area contributed by atoms with E-state index in [1.807, 2.05) is 58.0 Å². The van der Waals surface area contributed by atoms with Gasteiger partial charge in [-0.25, -0.2) is 0 Å². The highest BCUT2D eigenvalue weighted by Crippen LogP contribution is 2.30. The number of carbonyl (C=O) groups is 1. The quantitative estimate of drug-likeness (QED) is 0.587. The summed E-state index contributed by atoms with van der Waals surface area (Å²) in [6, 6.07) is 5.61. The lowest BCUT2D eigenvalue weighted by Crippen LogP contribution is -2.24. The highest BCUT2D eigenvalue weighted by Gasteiger charge is 2.12. The van der Waals surface area contributed by atoms with Gasteiger partial charge >= 0.3 is 0 Å². The standard InChI is InChI=1S/C18H25NO3/c1-5-8-9-10-18(20)19-14(4)15-11-12-16(21-6-2)17(13-15)22-7-3/h5,8-14H,6-7H2,1-4H3,(H,19,20)/b8-5+,10-9+/t14-/m0/s1. The average Bonchev–Trinajstić information content (AvgIpc) is 2.49. The largest absolute Gasteiger partial charge is 0.490 e. The fraction of sp³-hybridized carbons (Fsp3) is 0.389. The molecular weight excluding hydrogens is 278 g/mol. The molecule has 0 fully saturated rings. The Morgan fingerprint density at radius 1 is 1.18 bits per heavy atom. The highest BCUT2D eigenvalue weighted by molar-refractivity contribution is 5.88. The van der Waals surface area contributed by atoms with Crippen molar-refractivity contribution in [2.24, 2.45) is 0 Å². The van der Waals surface area contributed by atoms with E-state index in [1.165, 1.54) is 6.08 Å². The second kappa shape index (κ2) is 9.66. The van der Waals surface area contributed by atoms with Crippen LogP contribution in [0.15, 0.2) is 42.5 Å². The summed E-state index contributed by atoms with van der Waals surface area (Å²) in [7, 11) is 0. The molecule has 0 heterocycles. The maximum Gasteiger partial charge on any atom is 0.244 e. The van der Waals surface area contributed by atoms with Gasteiger partial charge < -0.3 is 14.8 Å². The fourth-order valence-corrected chi connectivity index (χ4v) is 1.94. The molecule has 1 aromatic rings. The molecule has 4 nitrogen and oxygen atoms in total. The SMILES string of the molecule is C/C=C/C=C/C(=O)N[C@@H](C)c1ccc(OCC)c(OCC)c1. The molecule has 1 aromatic carbocycles. The first kappa shape index (κ1) is 17.8. The van der Waals surface area contributed by atoms with Crippen molar-refractivity contribution in [3.63, 3.8) is 0 Å². The fourth-order valence-electron chi connectivity index (χ4n) is 1.94. The van der Waals surface area contributed by atoms with Crippen LogP contribution in [0.3, 0.4) is 0 Å². The van der Waals surface area contributed by atoms with Crippen molar-refractivity contribution in [1.82, 2.24) is 5.32 Å². The molecule has 0 saturated carbocycles. The first-order valence-corrected chi connectivity index (χ1v) is 7.61. The van der Waals surface area contributed by atoms with Gasteiger partial charge in [0.15, 0.2) is 11.5 Å². The number of hydrogen-bond acceptors (Lipinski definition) is 3. The van der Waals surface area contributed by atoms with Crippen molar-refractivity contribution in [2.75, 3.05) is 13.2 Å². The van der Waals surface area contributed by atoms with Gasteiger partial charge in [-0.2, -0.15) is 0 Å². The van der Waals surface area contributed by atoms with E-state index < -0.39 is 0 Å². The summed E-state index contributed by atoms with van der Waals surface area (Å²) in [6.45, 7) is 8.86. The second-order valence-electron chi connectivity index (χ2n) is 4.69. The minimum Gasteiger partial charge on any atom is -0.490 e. The molecule has 0 unspecified atom stereocenters. The Balaban J connectivity index is 2.82. The van der Waals surface area contributed by atoms with Gasteiger partial charge in [-0.05, 0) is 45.4 Å². The predicted molar refractivity (Wildman–Crippen MR) is 89.3 cm³/mol. The summed E-state index contributed by atoms with van der Waals surface area (Å²) in [5.41, 5.74) is 0.972. The van der Waals surface area contributed by atoms with Crippen LogP contribution >= 0.6 is 0 Å². The maximum atomic E-state index is 11.8. The van der Waals surface area contributed by atoms with Crippen LogP contribution in [0.25, 0.3) is 0 Å². The van der Waals surface area contributed by atoms with Crippen molar-refractivity contribution >= 4 is 5.91 Å². The molecule has 22 heavy (non-hydrogen) atoms. The zero-order chi connectivity index (χ0) is 16.4. The van der Waals surface area contributed by atoms with E-state index in [0.29, 0.717) is 19.0 Å². The van der Waals surface area contributed by atoms with Crippen LogP contribution in [0.5, 0.6) is 11.5 Å². The van der Waals surface area contributed by atoms with Crippen LogP contribution < -0.4 is 14.8 Å². The molecule has 120 valence electrons. The Kier molecular flexibility index (Phi) is 7.83. The first-order chi connectivity index (χ1) is 10.6. The number of allylic oxidation sites excluding steroid dienone is 3. The lowest BCUT2D eigenvalue weighted by Gasteiger charge is -2.16. The summed E-state index contributed by atoms with van der Waals surface area (Å²) in [6.07, 6.45) is 6.91. The Morgan fingerprint density at radius 3 is 2.50 bits per heavy atom. The van der Waals surface area contributed by atoms with Crippen LogP contribution in [0.1, 0.15) is 39.3 Å². The predicted octanol–water partition coefficient (Wildman–Crippen LogP) is 3.79. The number of rotatable bonds is 8. The topological polar surface area (TPSA) is 47.6 Å². The highest BCUT2D eigenvalue weighted by atomic mass is 16.5. The van der Waals surface area contributed by atoms with E-state index in [1.54, 1.807) is 6.08 Å². The average molecular weight is 303 g/mol. The van der Waals surface area contributed by atoms with Crippen LogP contribution in [0.4, 0.5) is 0 Å². The molecule has 0 aliphatic heterocycles. The molecule has 0 aromatic heterocycles. The second-order valence-corrected chi connectivity index (χ2v) is 4.69. The third kappa shape index (κ3) is 5.64.